The highest BCUT2D eigenvalue weighted by atomic mass is 16.5. The van der Waals surface area contributed by atoms with Crippen molar-refractivity contribution in [3.05, 3.63) is 49.1 Å². The van der Waals surface area contributed by atoms with Gasteiger partial charge in [0.1, 0.15) is 11.5 Å². The van der Waals surface area contributed by atoms with Crippen molar-refractivity contribution in [2.45, 2.75) is 13.8 Å². The Hall–Kier alpha value is -2.10. The van der Waals surface area contributed by atoms with E-state index in [-0.39, 0.29) is 5.41 Å². The molecule has 4 heteroatoms. The average Bonchev–Trinajstić information content (AvgIpc) is 2.46. The first kappa shape index (κ1) is 13.3. The zero-order valence-corrected chi connectivity index (χ0v) is 11.2. The fourth-order valence-electron chi connectivity index (χ4n) is 1.47. The Morgan fingerprint density at radius 3 is 1.53 bits per heavy atom. The SMILES string of the molecule is CC(C)(COc1ccncc1)COc1ccncc1. The molecule has 2 rings (SSSR count). The number of rotatable bonds is 6. The first-order valence-corrected chi connectivity index (χ1v) is 6.21. The van der Waals surface area contributed by atoms with Crippen molar-refractivity contribution in [1.29, 1.82) is 0 Å². The Labute approximate surface area is 113 Å². The summed E-state index contributed by atoms with van der Waals surface area (Å²) in [4.78, 5) is 7.91. The summed E-state index contributed by atoms with van der Waals surface area (Å²) < 4.78 is 11.5. The highest BCUT2D eigenvalue weighted by Gasteiger charge is 2.20. The number of pyridine rings is 2. The average molecular weight is 258 g/mol. The van der Waals surface area contributed by atoms with Crippen LogP contribution in [-0.2, 0) is 0 Å². The molecule has 0 aliphatic heterocycles. The van der Waals surface area contributed by atoms with Crippen LogP contribution in [0.4, 0.5) is 0 Å². The van der Waals surface area contributed by atoms with E-state index in [2.05, 4.69) is 23.8 Å². The highest BCUT2D eigenvalue weighted by molar-refractivity contribution is 5.18. The van der Waals surface area contributed by atoms with Crippen LogP contribution in [0.2, 0.25) is 0 Å². The van der Waals surface area contributed by atoms with Crippen LogP contribution < -0.4 is 9.47 Å². The van der Waals surface area contributed by atoms with Gasteiger partial charge in [-0.1, -0.05) is 13.8 Å². The Bertz CT molecular complexity index is 441. The van der Waals surface area contributed by atoms with Crippen LogP contribution in [0.15, 0.2) is 49.1 Å². The minimum Gasteiger partial charge on any atom is -0.493 e. The van der Waals surface area contributed by atoms with Gasteiger partial charge in [-0.05, 0) is 24.3 Å². The first-order chi connectivity index (χ1) is 9.16. The van der Waals surface area contributed by atoms with E-state index in [1.54, 1.807) is 24.8 Å². The molecule has 0 atom stereocenters. The predicted octanol–water partition coefficient (Wildman–Crippen LogP) is 2.96. The summed E-state index contributed by atoms with van der Waals surface area (Å²) >= 11 is 0. The van der Waals surface area contributed by atoms with E-state index in [9.17, 15) is 0 Å². The molecule has 0 spiro atoms. The lowest BCUT2D eigenvalue weighted by Crippen LogP contribution is -2.28. The molecule has 0 N–H and O–H groups in total. The second kappa shape index (κ2) is 6.18. The van der Waals surface area contributed by atoms with Crippen LogP contribution in [0.25, 0.3) is 0 Å². The Kier molecular flexibility index (Phi) is 4.34. The molecule has 0 amide bonds. The van der Waals surface area contributed by atoms with Crippen LogP contribution >= 0.6 is 0 Å². The van der Waals surface area contributed by atoms with Crippen molar-refractivity contribution in [2.75, 3.05) is 13.2 Å². The van der Waals surface area contributed by atoms with Crippen LogP contribution in [0.3, 0.4) is 0 Å². The minimum absolute atomic E-state index is 0.0768. The molecule has 0 unspecified atom stereocenters. The van der Waals surface area contributed by atoms with Crippen LogP contribution in [0.5, 0.6) is 11.5 Å². The third kappa shape index (κ3) is 4.58. The number of hydrogen-bond donors (Lipinski definition) is 0. The Morgan fingerprint density at radius 2 is 1.16 bits per heavy atom. The third-order valence-electron chi connectivity index (χ3n) is 2.56. The number of nitrogens with zero attached hydrogens (tertiary/aromatic N) is 2. The van der Waals surface area contributed by atoms with E-state index < -0.39 is 0 Å². The molecule has 0 radical (unpaired) electrons. The summed E-state index contributed by atoms with van der Waals surface area (Å²) in [7, 11) is 0. The second-order valence-corrected chi connectivity index (χ2v) is 5.11. The normalized spacial score (nSPS) is 11.1. The van der Waals surface area contributed by atoms with Crippen molar-refractivity contribution in [3.63, 3.8) is 0 Å². The summed E-state index contributed by atoms with van der Waals surface area (Å²) in [6, 6.07) is 7.39. The van der Waals surface area contributed by atoms with E-state index >= 15 is 0 Å². The van der Waals surface area contributed by atoms with Gasteiger partial charge in [-0.2, -0.15) is 0 Å². The maximum atomic E-state index is 5.73. The fourth-order valence-corrected chi connectivity index (χ4v) is 1.47. The summed E-state index contributed by atoms with van der Waals surface area (Å²) in [6.07, 6.45) is 6.87. The molecule has 2 aromatic heterocycles. The minimum atomic E-state index is -0.0768. The van der Waals surface area contributed by atoms with E-state index in [0.29, 0.717) is 13.2 Å². The molecular weight excluding hydrogens is 240 g/mol. The summed E-state index contributed by atoms with van der Waals surface area (Å²) in [6.45, 7) is 5.38. The summed E-state index contributed by atoms with van der Waals surface area (Å²) in [5.74, 6) is 1.65. The molecule has 2 aromatic rings. The predicted molar refractivity (Wildman–Crippen MR) is 73.2 cm³/mol. The van der Waals surface area contributed by atoms with E-state index in [4.69, 9.17) is 9.47 Å². The monoisotopic (exact) mass is 258 g/mol. The van der Waals surface area contributed by atoms with Crippen molar-refractivity contribution >= 4 is 0 Å². The van der Waals surface area contributed by atoms with Crippen molar-refractivity contribution in [2.24, 2.45) is 5.41 Å². The van der Waals surface area contributed by atoms with Gasteiger partial charge in [0.25, 0.3) is 0 Å². The molecular formula is C15H18N2O2. The van der Waals surface area contributed by atoms with Gasteiger partial charge in [-0.3, -0.25) is 9.97 Å². The zero-order chi connectivity index (χ0) is 13.6. The third-order valence-corrected chi connectivity index (χ3v) is 2.56. The molecule has 0 aliphatic carbocycles. The largest absolute Gasteiger partial charge is 0.493 e. The lowest BCUT2D eigenvalue weighted by Gasteiger charge is -2.24. The van der Waals surface area contributed by atoms with Crippen LogP contribution in [-0.4, -0.2) is 23.2 Å². The van der Waals surface area contributed by atoms with Crippen LogP contribution in [0, 0.1) is 5.41 Å². The van der Waals surface area contributed by atoms with Gasteiger partial charge in [0.2, 0.25) is 0 Å². The zero-order valence-electron chi connectivity index (χ0n) is 11.2. The van der Waals surface area contributed by atoms with Gasteiger partial charge in [0.15, 0.2) is 0 Å². The Morgan fingerprint density at radius 1 is 0.789 bits per heavy atom. The van der Waals surface area contributed by atoms with Gasteiger partial charge in [-0.25, -0.2) is 0 Å². The second-order valence-electron chi connectivity index (χ2n) is 5.11. The number of hydrogen-bond acceptors (Lipinski definition) is 4. The quantitative estimate of drug-likeness (QED) is 0.799. The van der Waals surface area contributed by atoms with E-state index in [0.717, 1.165) is 11.5 Å². The molecule has 2 heterocycles. The lowest BCUT2D eigenvalue weighted by molar-refractivity contribution is 0.110. The van der Waals surface area contributed by atoms with Crippen LogP contribution in [0.1, 0.15) is 13.8 Å². The molecule has 100 valence electrons. The molecule has 0 saturated heterocycles. The lowest BCUT2D eigenvalue weighted by atomic mass is 9.96. The molecule has 0 aromatic carbocycles. The Balaban J connectivity index is 1.82. The number of aromatic nitrogens is 2. The standard InChI is InChI=1S/C15H18N2O2/c1-15(2,11-18-13-3-7-16-8-4-13)12-19-14-5-9-17-10-6-14/h3-10H,11-12H2,1-2H3. The van der Waals surface area contributed by atoms with Gasteiger partial charge < -0.3 is 9.47 Å². The molecule has 0 aliphatic rings. The smallest absolute Gasteiger partial charge is 0.122 e. The summed E-state index contributed by atoms with van der Waals surface area (Å²) in [5, 5.41) is 0. The highest BCUT2D eigenvalue weighted by Crippen LogP contribution is 2.20. The molecule has 0 fully saturated rings. The summed E-state index contributed by atoms with van der Waals surface area (Å²) in [5.41, 5.74) is -0.0768. The van der Waals surface area contributed by atoms with Crippen molar-refractivity contribution < 1.29 is 9.47 Å². The first-order valence-electron chi connectivity index (χ1n) is 6.21. The van der Waals surface area contributed by atoms with E-state index in [1.165, 1.54) is 0 Å². The van der Waals surface area contributed by atoms with Crippen molar-refractivity contribution in [1.82, 2.24) is 9.97 Å². The molecule has 19 heavy (non-hydrogen) atoms. The fraction of sp³-hybridized carbons (Fsp3) is 0.333. The van der Waals surface area contributed by atoms with Gasteiger partial charge >= 0.3 is 0 Å². The molecule has 4 nitrogen and oxygen atoms in total. The van der Waals surface area contributed by atoms with Gasteiger partial charge in [-0.15, -0.1) is 0 Å². The van der Waals surface area contributed by atoms with E-state index in [1.807, 2.05) is 24.3 Å². The molecule has 0 bridgehead atoms. The van der Waals surface area contributed by atoms with Gasteiger partial charge in [0.05, 0.1) is 13.2 Å². The van der Waals surface area contributed by atoms with Gasteiger partial charge in [0, 0.05) is 30.2 Å². The maximum Gasteiger partial charge on any atom is 0.122 e. The van der Waals surface area contributed by atoms with Crippen molar-refractivity contribution in [3.8, 4) is 11.5 Å². The topological polar surface area (TPSA) is 44.2 Å². The molecule has 0 saturated carbocycles. The number of ether oxygens (including phenoxy) is 2. The maximum absolute atomic E-state index is 5.73.